The molecule has 19 heteroatoms. The fourth-order valence-electron chi connectivity index (χ4n) is 1.40. The Balaban J connectivity index is 2.98. The first-order chi connectivity index (χ1) is 13.0. The lowest BCUT2D eigenvalue weighted by Gasteiger charge is -2.36. The van der Waals surface area contributed by atoms with Gasteiger partial charge in [0.1, 0.15) is 12.7 Å². The highest BCUT2D eigenvalue weighted by molar-refractivity contribution is 4.97. The zero-order valence-electron chi connectivity index (χ0n) is 13.5. The summed E-state index contributed by atoms with van der Waals surface area (Å²) in [4.78, 5) is 0. The fraction of sp³-hybridized carbons (Fsp3) is 1.00. The van der Waals surface area contributed by atoms with E-state index in [4.69, 9.17) is 0 Å². The van der Waals surface area contributed by atoms with Crippen molar-refractivity contribution in [1.82, 2.24) is 0 Å². The number of alkyl halides is 15. The van der Waals surface area contributed by atoms with E-state index in [0.29, 0.717) is 0 Å². The van der Waals surface area contributed by atoms with Gasteiger partial charge in [0.05, 0.1) is 13.2 Å². The third kappa shape index (κ3) is 5.52. The molecule has 0 N–H and O–H groups in total. The molecule has 0 saturated carbocycles. The number of halogens is 15. The van der Waals surface area contributed by atoms with Crippen LogP contribution >= 0.6 is 0 Å². The summed E-state index contributed by atoms with van der Waals surface area (Å²) in [5.74, 6) is -15.6. The van der Waals surface area contributed by atoms with Crippen molar-refractivity contribution in [3.05, 3.63) is 0 Å². The molecule has 0 aromatic carbocycles. The van der Waals surface area contributed by atoms with Crippen molar-refractivity contribution in [3.8, 4) is 0 Å². The fourth-order valence-corrected chi connectivity index (χ4v) is 1.40. The molecule has 1 aliphatic heterocycles. The quantitative estimate of drug-likeness (QED) is 0.314. The normalized spacial score (nSPS) is 19.9. The van der Waals surface area contributed by atoms with E-state index in [1.54, 1.807) is 0 Å². The molecule has 0 aromatic rings. The molecule has 1 fully saturated rings. The van der Waals surface area contributed by atoms with Crippen LogP contribution in [-0.2, 0) is 18.9 Å². The minimum Gasteiger partial charge on any atom is -0.371 e. The van der Waals surface area contributed by atoms with Crippen molar-refractivity contribution >= 4 is 0 Å². The van der Waals surface area contributed by atoms with E-state index < -0.39 is 61.8 Å². The van der Waals surface area contributed by atoms with Gasteiger partial charge in [-0.1, -0.05) is 0 Å². The monoisotopic (exact) mass is 488 g/mol. The zero-order chi connectivity index (χ0) is 24.0. The molecule has 1 aliphatic rings. The third-order valence-electron chi connectivity index (χ3n) is 2.96. The molecule has 1 heterocycles. The lowest BCUT2D eigenvalue weighted by atomic mass is 10.1. The van der Waals surface area contributed by atoms with Crippen LogP contribution in [0.15, 0.2) is 0 Å². The molecule has 0 amide bonds. The van der Waals surface area contributed by atoms with Crippen LogP contribution < -0.4 is 0 Å². The molecule has 0 unspecified atom stereocenters. The Kier molecular flexibility index (Phi) is 6.91. The predicted molar refractivity (Wildman–Crippen MR) is 58.5 cm³/mol. The molecule has 0 aromatic heterocycles. The van der Waals surface area contributed by atoms with Crippen molar-refractivity contribution in [2.45, 2.75) is 48.6 Å². The average Bonchev–Trinajstić information content (AvgIpc) is 3.27. The van der Waals surface area contributed by atoms with Gasteiger partial charge in [0, 0.05) is 0 Å². The van der Waals surface area contributed by atoms with Gasteiger partial charge in [-0.25, -0.2) is 9.47 Å². The van der Waals surface area contributed by atoms with Gasteiger partial charge in [0.15, 0.2) is 0 Å². The number of ether oxygens (including phenoxy) is 4. The molecule has 30 heavy (non-hydrogen) atoms. The summed E-state index contributed by atoms with van der Waals surface area (Å²) in [5, 5.41) is 0. The van der Waals surface area contributed by atoms with Crippen molar-refractivity contribution in [2.24, 2.45) is 0 Å². The van der Waals surface area contributed by atoms with Crippen LogP contribution in [0.2, 0.25) is 0 Å². The summed E-state index contributed by atoms with van der Waals surface area (Å²) in [6.07, 6.45) is -35.5. The van der Waals surface area contributed by atoms with Crippen LogP contribution in [0, 0.1) is 0 Å². The molecule has 0 spiro atoms. The minimum absolute atomic E-state index is 0.000350. The summed E-state index contributed by atoms with van der Waals surface area (Å²) in [6.45, 7) is -2.91. The third-order valence-corrected chi connectivity index (χ3v) is 2.96. The summed E-state index contributed by atoms with van der Waals surface area (Å²) < 4.78 is 203. The van der Waals surface area contributed by atoms with E-state index in [2.05, 4.69) is 14.2 Å². The topological polar surface area (TPSA) is 40.2 Å². The van der Waals surface area contributed by atoms with Gasteiger partial charge in [0.2, 0.25) is 0 Å². The molecule has 1 atom stereocenters. The van der Waals surface area contributed by atoms with Crippen LogP contribution in [0.1, 0.15) is 0 Å². The zero-order valence-corrected chi connectivity index (χ0v) is 13.5. The Morgan fingerprint density at radius 3 is 1.47 bits per heavy atom. The molecular formula is C11H7F15O4. The molecule has 0 bridgehead atoms. The summed E-state index contributed by atoms with van der Waals surface area (Å²) in [5.41, 5.74) is 0. The Bertz CT molecular complexity index is 598. The van der Waals surface area contributed by atoms with Gasteiger partial charge < -0.3 is 9.47 Å². The van der Waals surface area contributed by atoms with E-state index in [1.165, 1.54) is 4.74 Å². The maximum Gasteiger partial charge on any atom is 0.460 e. The van der Waals surface area contributed by atoms with Crippen molar-refractivity contribution in [2.75, 3.05) is 19.8 Å². The van der Waals surface area contributed by atoms with Crippen molar-refractivity contribution in [1.29, 1.82) is 0 Å². The first-order valence-electron chi connectivity index (χ1n) is 6.92. The maximum atomic E-state index is 13.1. The Morgan fingerprint density at radius 2 is 1.07 bits per heavy atom. The molecular weight excluding hydrogens is 481 g/mol. The second-order valence-corrected chi connectivity index (χ2v) is 5.51. The van der Waals surface area contributed by atoms with Gasteiger partial charge in [-0.15, -0.1) is 0 Å². The van der Waals surface area contributed by atoms with Crippen molar-refractivity contribution in [3.63, 3.8) is 0 Å². The highest BCUT2D eigenvalue weighted by Crippen LogP contribution is 2.55. The smallest absolute Gasteiger partial charge is 0.371 e. The van der Waals surface area contributed by atoms with Crippen LogP contribution in [0.3, 0.4) is 0 Å². The average molecular weight is 488 g/mol. The SMILES string of the molecule is FC(F)(COC[C@@H]1CO1)OC(F)(F)C(F)(F)OC(F)(F)C(F)(F)C(F)(F)C(F)(F)F. The van der Waals surface area contributed by atoms with E-state index in [-0.39, 0.29) is 6.61 Å². The van der Waals surface area contributed by atoms with Crippen molar-refractivity contribution < 1.29 is 84.8 Å². The second kappa shape index (κ2) is 7.73. The summed E-state index contributed by atoms with van der Waals surface area (Å²) >= 11 is 0. The Hall–Kier alpha value is -1.21. The van der Waals surface area contributed by atoms with E-state index >= 15 is 0 Å². The Labute approximate surface area is 154 Å². The standard InChI is InChI=1S/C11H7F15O4/c12-5(13,3-27-1-4-2-28-4)29-10(23,24)11(25,26)30-9(21,22)7(16,17)6(14,15)8(18,19)20/h4H,1-3H2/t4-/m1/s1. The summed E-state index contributed by atoms with van der Waals surface area (Å²) in [6, 6.07) is 0. The summed E-state index contributed by atoms with van der Waals surface area (Å²) in [7, 11) is 0. The maximum absolute atomic E-state index is 13.1. The van der Waals surface area contributed by atoms with Gasteiger partial charge in [-0.05, 0) is 0 Å². The largest absolute Gasteiger partial charge is 0.460 e. The molecule has 0 aliphatic carbocycles. The van der Waals surface area contributed by atoms with E-state index in [9.17, 15) is 65.9 Å². The molecule has 1 saturated heterocycles. The number of rotatable bonds is 11. The highest BCUT2D eigenvalue weighted by atomic mass is 19.4. The molecule has 180 valence electrons. The molecule has 4 nitrogen and oxygen atoms in total. The number of hydrogen-bond acceptors (Lipinski definition) is 4. The second-order valence-electron chi connectivity index (χ2n) is 5.51. The van der Waals surface area contributed by atoms with Gasteiger partial charge in [0.25, 0.3) is 0 Å². The first-order valence-corrected chi connectivity index (χ1v) is 6.92. The van der Waals surface area contributed by atoms with E-state index in [0.717, 1.165) is 0 Å². The highest BCUT2D eigenvalue weighted by Gasteiger charge is 2.85. The van der Waals surface area contributed by atoms with Gasteiger partial charge in [-0.2, -0.15) is 65.9 Å². The molecule has 0 radical (unpaired) electrons. The number of epoxide rings is 1. The van der Waals surface area contributed by atoms with Gasteiger partial charge >= 0.3 is 42.5 Å². The van der Waals surface area contributed by atoms with Gasteiger partial charge in [-0.3, -0.25) is 0 Å². The lowest BCUT2D eigenvalue weighted by molar-refractivity contribution is -0.543. The minimum atomic E-state index is -7.88. The lowest BCUT2D eigenvalue weighted by Crippen LogP contribution is -2.64. The van der Waals surface area contributed by atoms with Crippen LogP contribution in [0.25, 0.3) is 0 Å². The van der Waals surface area contributed by atoms with E-state index in [1.807, 2.05) is 0 Å². The first kappa shape index (κ1) is 26.8. The van der Waals surface area contributed by atoms with Crippen LogP contribution in [0.4, 0.5) is 65.9 Å². The predicted octanol–water partition coefficient (Wildman–Crippen LogP) is 4.64. The Morgan fingerprint density at radius 1 is 0.633 bits per heavy atom. The van der Waals surface area contributed by atoms with Crippen LogP contribution in [0.5, 0.6) is 0 Å². The van der Waals surface area contributed by atoms with Crippen LogP contribution in [-0.4, -0.2) is 68.4 Å². The number of hydrogen-bond donors (Lipinski definition) is 0. The molecule has 1 rings (SSSR count).